The van der Waals surface area contributed by atoms with E-state index in [9.17, 15) is 13.2 Å². The third-order valence-electron chi connectivity index (χ3n) is 4.01. The fourth-order valence-electron chi connectivity index (χ4n) is 2.59. The first-order chi connectivity index (χ1) is 13.4. The number of hydrogen-bond acceptors (Lipinski definition) is 5. The van der Waals surface area contributed by atoms with E-state index in [0.29, 0.717) is 27.8 Å². The zero-order chi connectivity index (χ0) is 20.1. The summed E-state index contributed by atoms with van der Waals surface area (Å²) >= 11 is 6.07. The predicted octanol–water partition coefficient (Wildman–Crippen LogP) is 2.80. The lowest BCUT2D eigenvalue weighted by atomic mass is 10.1. The molecule has 0 aliphatic heterocycles. The average Bonchev–Trinajstić information content (AvgIpc) is 3.07. The number of carbonyl (C=O) groups is 1. The number of imidazole rings is 1. The van der Waals surface area contributed by atoms with Crippen LogP contribution in [-0.2, 0) is 35.6 Å². The molecule has 28 heavy (non-hydrogen) atoms. The van der Waals surface area contributed by atoms with Gasteiger partial charge in [-0.15, -0.1) is 0 Å². The highest BCUT2D eigenvalue weighted by molar-refractivity contribution is 7.72. The lowest BCUT2D eigenvalue weighted by molar-refractivity contribution is -0.115. The Bertz CT molecular complexity index is 1070. The summed E-state index contributed by atoms with van der Waals surface area (Å²) in [5, 5.41) is 3.20. The number of carbonyl (C=O) groups excluding carboxylic acids is 1. The molecule has 0 fully saturated rings. The Morgan fingerprint density at radius 2 is 2.00 bits per heavy atom. The molecule has 0 spiro atoms. The van der Waals surface area contributed by atoms with E-state index < -0.39 is 10.7 Å². The second kappa shape index (κ2) is 8.90. The summed E-state index contributed by atoms with van der Waals surface area (Å²) in [4.78, 5) is 16.4. The predicted molar refractivity (Wildman–Crippen MR) is 106 cm³/mol. The van der Waals surface area contributed by atoms with Gasteiger partial charge in [-0.25, -0.2) is 13.4 Å². The van der Waals surface area contributed by atoms with Crippen molar-refractivity contribution < 1.29 is 17.9 Å². The van der Waals surface area contributed by atoms with Crippen LogP contribution in [-0.4, -0.2) is 23.9 Å². The molecule has 2 aromatic carbocycles. The van der Waals surface area contributed by atoms with Crippen LogP contribution in [0.3, 0.4) is 0 Å². The maximum Gasteiger partial charge on any atom is 0.296 e. The van der Waals surface area contributed by atoms with Gasteiger partial charge >= 0.3 is 0 Å². The van der Waals surface area contributed by atoms with Gasteiger partial charge in [-0.2, -0.15) is 0 Å². The molecule has 1 N–H and O–H groups in total. The standard InChI is InChI=1S/C19H18ClN3O4S/c1-23-9-8-21-19(23)27-12-14-6-7-15(11-17(14)28(25)26)22-18(24)10-13-4-2-3-5-16(13)20/h2-9,11,28H,10,12H2,1H3,(H,22,24). The number of benzene rings is 2. The van der Waals surface area contributed by atoms with Crippen molar-refractivity contribution in [2.75, 3.05) is 5.32 Å². The molecule has 0 radical (unpaired) electrons. The fourth-order valence-corrected chi connectivity index (χ4v) is 3.41. The molecule has 146 valence electrons. The molecule has 0 aliphatic rings. The minimum atomic E-state index is -2.87. The summed E-state index contributed by atoms with van der Waals surface area (Å²) < 4.78 is 30.5. The van der Waals surface area contributed by atoms with E-state index in [4.69, 9.17) is 16.3 Å². The fraction of sp³-hybridized carbons (Fsp3) is 0.158. The lowest BCUT2D eigenvalue weighted by Gasteiger charge is -2.11. The van der Waals surface area contributed by atoms with E-state index in [2.05, 4.69) is 10.3 Å². The Kier molecular flexibility index (Phi) is 6.33. The molecule has 1 aromatic heterocycles. The smallest absolute Gasteiger partial charge is 0.296 e. The first-order valence-corrected chi connectivity index (χ1v) is 9.90. The van der Waals surface area contributed by atoms with Crippen molar-refractivity contribution >= 4 is 33.9 Å². The van der Waals surface area contributed by atoms with E-state index in [1.54, 1.807) is 60.4 Å². The Labute approximate surface area is 168 Å². The van der Waals surface area contributed by atoms with Crippen LogP contribution >= 0.6 is 11.6 Å². The minimum absolute atomic E-state index is 0.0390. The molecule has 0 bridgehead atoms. The number of nitrogens with zero attached hydrogens (tertiary/aromatic N) is 2. The van der Waals surface area contributed by atoms with E-state index >= 15 is 0 Å². The summed E-state index contributed by atoms with van der Waals surface area (Å²) in [6.45, 7) is 0.0390. The van der Waals surface area contributed by atoms with E-state index in [1.807, 2.05) is 0 Å². The Morgan fingerprint density at radius 3 is 2.68 bits per heavy atom. The topological polar surface area (TPSA) is 90.3 Å². The summed E-state index contributed by atoms with van der Waals surface area (Å²) in [6.07, 6.45) is 3.40. The molecule has 0 atom stereocenters. The van der Waals surface area contributed by atoms with Crippen molar-refractivity contribution in [1.82, 2.24) is 9.55 Å². The number of aromatic nitrogens is 2. The highest BCUT2D eigenvalue weighted by Gasteiger charge is 2.12. The average molecular weight is 420 g/mol. The first-order valence-electron chi connectivity index (χ1n) is 8.34. The molecular formula is C19H18ClN3O4S. The quantitative estimate of drug-likeness (QED) is 0.575. The lowest BCUT2D eigenvalue weighted by Crippen LogP contribution is -2.15. The Hall–Kier alpha value is -2.84. The molecule has 9 heteroatoms. The number of hydrogen-bond donors (Lipinski definition) is 2. The number of ether oxygens (including phenoxy) is 1. The molecule has 0 aliphatic carbocycles. The third kappa shape index (κ3) is 4.90. The number of aryl methyl sites for hydroxylation is 1. The highest BCUT2D eigenvalue weighted by atomic mass is 35.5. The summed E-state index contributed by atoms with van der Waals surface area (Å²) in [7, 11) is -1.09. The van der Waals surface area contributed by atoms with Gasteiger partial charge in [-0.3, -0.25) is 4.79 Å². The number of nitrogens with one attached hydrogen (secondary N) is 1. The number of rotatable bonds is 7. The van der Waals surface area contributed by atoms with Gasteiger partial charge < -0.3 is 14.6 Å². The largest absolute Gasteiger partial charge is 0.460 e. The monoisotopic (exact) mass is 419 g/mol. The Morgan fingerprint density at radius 1 is 1.21 bits per heavy atom. The maximum absolute atomic E-state index is 12.3. The minimum Gasteiger partial charge on any atom is -0.460 e. The number of anilines is 1. The van der Waals surface area contributed by atoms with Crippen LogP contribution in [0, 0.1) is 0 Å². The van der Waals surface area contributed by atoms with Gasteiger partial charge in [0.05, 0.1) is 11.3 Å². The highest BCUT2D eigenvalue weighted by Crippen LogP contribution is 2.21. The van der Waals surface area contributed by atoms with Crippen LogP contribution in [0.5, 0.6) is 6.01 Å². The van der Waals surface area contributed by atoms with Crippen molar-refractivity contribution in [3.63, 3.8) is 0 Å². The molecule has 1 heterocycles. The SMILES string of the molecule is Cn1ccnc1OCc1ccc(NC(=O)Cc2ccccc2Cl)cc1[SH](=O)=O. The van der Waals surface area contributed by atoms with Gasteiger partial charge in [0.25, 0.3) is 6.01 Å². The molecule has 0 saturated heterocycles. The van der Waals surface area contributed by atoms with Crippen molar-refractivity contribution in [1.29, 1.82) is 0 Å². The third-order valence-corrected chi connectivity index (χ3v) is 5.19. The number of thiol groups is 1. The molecule has 3 rings (SSSR count). The van der Waals surface area contributed by atoms with Gasteiger partial charge in [0.1, 0.15) is 6.61 Å². The van der Waals surface area contributed by atoms with Crippen LogP contribution in [0.4, 0.5) is 5.69 Å². The van der Waals surface area contributed by atoms with Gasteiger partial charge in [0.15, 0.2) is 10.7 Å². The molecule has 0 saturated carbocycles. The summed E-state index contributed by atoms with van der Waals surface area (Å²) in [6, 6.07) is 12.1. The summed E-state index contributed by atoms with van der Waals surface area (Å²) in [5.74, 6) is -0.294. The van der Waals surface area contributed by atoms with Gasteiger partial charge in [0, 0.05) is 35.7 Å². The molecule has 3 aromatic rings. The van der Waals surface area contributed by atoms with Gasteiger partial charge in [0.2, 0.25) is 5.91 Å². The zero-order valence-corrected chi connectivity index (χ0v) is 16.6. The summed E-state index contributed by atoms with van der Waals surface area (Å²) in [5.41, 5.74) is 1.55. The van der Waals surface area contributed by atoms with Crippen LogP contribution in [0.1, 0.15) is 11.1 Å². The second-order valence-corrected chi connectivity index (χ2v) is 7.43. The second-order valence-electron chi connectivity index (χ2n) is 6.03. The van der Waals surface area contributed by atoms with E-state index in [1.165, 1.54) is 6.07 Å². The van der Waals surface area contributed by atoms with Gasteiger partial charge in [-0.1, -0.05) is 35.9 Å². The molecular weight excluding hydrogens is 402 g/mol. The number of amides is 1. The van der Waals surface area contributed by atoms with Crippen molar-refractivity contribution in [2.45, 2.75) is 17.9 Å². The van der Waals surface area contributed by atoms with Crippen LogP contribution in [0.15, 0.2) is 59.8 Å². The molecule has 1 amide bonds. The number of halogens is 1. The Balaban J connectivity index is 1.72. The molecule has 0 unspecified atom stereocenters. The van der Waals surface area contributed by atoms with E-state index in [-0.39, 0.29) is 23.8 Å². The first kappa shape index (κ1) is 19.9. The molecule has 7 nitrogen and oxygen atoms in total. The van der Waals surface area contributed by atoms with E-state index in [0.717, 1.165) is 0 Å². The maximum atomic E-state index is 12.3. The van der Waals surface area contributed by atoms with Crippen LogP contribution < -0.4 is 10.1 Å². The van der Waals surface area contributed by atoms with Crippen molar-refractivity contribution in [2.24, 2.45) is 7.05 Å². The van der Waals surface area contributed by atoms with Crippen LogP contribution in [0.25, 0.3) is 0 Å². The van der Waals surface area contributed by atoms with Crippen molar-refractivity contribution in [3.8, 4) is 6.01 Å². The van der Waals surface area contributed by atoms with Gasteiger partial charge in [-0.05, 0) is 23.8 Å². The zero-order valence-electron chi connectivity index (χ0n) is 15.0. The van der Waals surface area contributed by atoms with Crippen LogP contribution in [0.2, 0.25) is 5.02 Å². The van der Waals surface area contributed by atoms with Crippen molar-refractivity contribution in [3.05, 3.63) is 71.0 Å². The normalized spacial score (nSPS) is 10.8.